The molecule has 2 fully saturated rings. The molecule has 3 rings (SSSR count). The maximum absolute atomic E-state index is 6.11. The van der Waals surface area contributed by atoms with Crippen molar-refractivity contribution < 1.29 is 9.47 Å². The van der Waals surface area contributed by atoms with Gasteiger partial charge in [-0.3, -0.25) is 0 Å². The van der Waals surface area contributed by atoms with E-state index in [4.69, 9.17) is 21.1 Å². The summed E-state index contributed by atoms with van der Waals surface area (Å²) in [5, 5.41) is 4.56. The van der Waals surface area contributed by atoms with Crippen LogP contribution in [0.1, 0.15) is 30.9 Å². The van der Waals surface area contributed by atoms with Gasteiger partial charge in [0, 0.05) is 30.5 Å². The van der Waals surface area contributed by atoms with Crippen molar-refractivity contribution in [2.24, 2.45) is 0 Å². The van der Waals surface area contributed by atoms with E-state index < -0.39 is 0 Å². The molecule has 0 saturated carbocycles. The summed E-state index contributed by atoms with van der Waals surface area (Å²) in [6.45, 7) is 1.53. The van der Waals surface area contributed by atoms with E-state index in [9.17, 15) is 0 Å². The molecule has 1 N–H and O–H groups in total. The van der Waals surface area contributed by atoms with Gasteiger partial charge in [-0.15, -0.1) is 0 Å². The van der Waals surface area contributed by atoms with Crippen LogP contribution in [0.5, 0.6) is 0 Å². The largest absolute Gasteiger partial charge is 0.383 e. The summed E-state index contributed by atoms with van der Waals surface area (Å²) in [6.07, 6.45) is 3.36. The first kappa shape index (κ1) is 16.6. The number of thioether (sulfide) groups is 1. The molecular weight excluding hydrogens is 318 g/mol. The van der Waals surface area contributed by atoms with Gasteiger partial charge in [-0.25, -0.2) is 0 Å². The first-order valence-corrected chi connectivity index (χ1v) is 9.46. The number of ether oxygens (including phenoxy) is 2. The highest BCUT2D eigenvalue weighted by atomic mass is 35.5. The molecule has 5 heteroatoms. The topological polar surface area (TPSA) is 30.5 Å². The highest BCUT2D eigenvalue weighted by Gasteiger charge is 2.40. The normalized spacial score (nSPS) is 29.8. The van der Waals surface area contributed by atoms with Gasteiger partial charge in [0.05, 0.1) is 18.2 Å². The molecule has 1 aromatic carbocycles. The van der Waals surface area contributed by atoms with Crippen LogP contribution in [0.25, 0.3) is 0 Å². The second kappa shape index (κ2) is 7.54. The molecule has 2 saturated heterocycles. The van der Waals surface area contributed by atoms with E-state index in [0.29, 0.717) is 12.6 Å². The predicted octanol–water partition coefficient (Wildman–Crippen LogP) is 3.67. The molecular formula is C17H24ClNO2S. The van der Waals surface area contributed by atoms with Crippen LogP contribution in [-0.2, 0) is 9.47 Å². The highest BCUT2D eigenvalue weighted by molar-refractivity contribution is 7.99. The zero-order chi connectivity index (χ0) is 15.4. The monoisotopic (exact) mass is 341 g/mol. The molecule has 0 amide bonds. The molecule has 2 aliphatic rings. The lowest BCUT2D eigenvalue weighted by Gasteiger charge is -2.39. The summed E-state index contributed by atoms with van der Waals surface area (Å²) in [5.41, 5.74) is 1.34. The van der Waals surface area contributed by atoms with Gasteiger partial charge < -0.3 is 14.8 Å². The van der Waals surface area contributed by atoms with Crippen molar-refractivity contribution in [3.05, 3.63) is 34.9 Å². The third kappa shape index (κ3) is 3.98. The number of rotatable bonds is 5. The van der Waals surface area contributed by atoms with Crippen LogP contribution in [0.4, 0.5) is 0 Å². The minimum absolute atomic E-state index is 0.109. The molecule has 1 aromatic rings. The zero-order valence-corrected chi connectivity index (χ0v) is 14.6. The smallest absolute Gasteiger partial charge is 0.0795 e. The first-order chi connectivity index (χ1) is 10.7. The summed E-state index contributed by atoms with van der Waals surface area (Å²) < 4.78 is 11.5. The van der Waals surface area contributed by atoms with Crippen molar-refractivity contribution in [1.82, 2.24) is 5.32 Å². The Morgan fingerprint density at radius 3 is 2.95 bits per heavy atom. The van der Waals surface area contributed by atoms with Gasteiger partial charge in [-0.1, -0.05) is 23.7 Å². The summed E-state index contributed by atoms with van der Waals surface area (Å²) >= 11 is 8.01. The third-order valence-corrected chi connectivity index (χ3v) is 6.08. The number of hydrogen-bond donors (Lipinski definition) is 1. The minimum atomic E-state index is 0.109. The van der Waals surface area contributed by atoms with Crippen LogP contribution in [0.15, 0.2) is 24.3 Å². The van der Waals surface area contributed by atoms with Crippen molar-refractivity contribution in [2.45, 2.75) is 36.9 Å². The average molecular weight is 342 g/mol. The zero-order valence-electron chi connectivity index (χ0n) is 13.0. The number of halogens is 1. The van der Waals surface area contributed by atoms with E-state index in [1.54, 1.807) is 7.11 Å². The lowest BCUT2D eigenvalue weighted by Crippen LogP contribution is -2.48. The van der Waals surface area contributed by atoms with Crippen LogP contribution in [0, 0.1) is 0 Å². The maximum atomic E-state index is 6.11. The fourth-order valence-electron chi connectivity index (χ4n) is 3.42. The Morgan fingerprint density at radius 1 is 1.45 bits per heavy atom. The Labute approximate surface area is 142 Å². The summed E-state index contributed by atoms with van der Waals surface area (Å²) in [7, 11) is 1.75. The second-order valence-electron chi connectivity index (χ2n) is 6.25. The molecule has 2 heterocycles. The molecule has 0 radical (unpaired) electrons. The van der Waals surface area contributed by atoms with Gasteiger partial charge in [-0.2, -0.15) is 11.8 Å². The van der Waals surface area contributed by atoms with Crippen molar-refractivity contribution in [1.29, 1.82) is 0 Å². The van der Waals surface area contributed by atoms with Crippen molar-refractivity contribution in [3.8, 4) is 0 Å². The van der Waals surface area contributed by atoms with Crippen molar-refractivity contribution >= 4 is 23.4 Å². The Bertz CT molecular complexity index is 476. The van der Waals surface area contributed by atoms with Crippen LogP contribution in [-0.4, -0.2) is 43.5 Å². The molecule has 0 aliphatic carbocycles. The Balaban J connectivity index is 1.66. The van der Waals surface area contributed by atoms with Gasteiger partial charge >= 0.3 is 0 Å². The van der Waals surface area contributed by atoms with E-state index in [0.717, 1.165) is 30.2 Å². The number of nitrogens with one attached hydrogen (secondary N) is 1. The van der Waals surface area contributed by atoms with Crippen LogP contribution in [0.3, 0.4) is 0 Å². The summed E-state index contributed by atoms with van der Waals surface area (Å²) in [4.78, 5) is 0. The lowest BCUT2D eigenvalue weighted by atomic mass is 9.89. The van der Waals surface area contributed by atoms with Crippen molar-refractivity contribution in [3.63, 3.8) is 0 Å². The van der Waals surface area contributed by atoms with E-state index in [2.05, 4.69) is 17.4 Å². The summed E-state index contributed by atoms with van der Waals surface area (Å²) in [6, 6.07) is 8.75. The van der Waals surface area contributed by atoms with Gasteiger partial charge in [-0.05, 0) is 42.7 Å². The van der Waals surface area contributed by atoms with Crippen molar-refractivity contribution in [2.75, 3.05) is 31.8 Å². The molecule has 0 unspecified atom stereocenters. The maximum Gasteiger partial charge on any atom is 0.0795 e. The molecule has 1 spiro atoms. The second-order valence-corrected chi connectivity index (χ2v) is 7.79. The van der Waals surface area contributed by atoms with E-state index in [-0.39, 0.29) is 11.6 Å². The van der Waals surface area contributed by atoms with E-state index in [1.807, 2.05) is 23.9 Å². The van der Waals surface area contributed by atoms with Crippen LogP contribution >= 0.6 is 23.4 Å². The molecule has 0 aromatic heterocycles. The SMILES string of the molecule is COC[C@H](N[C@H]1CCO[C@@]2(CCSC2)C1)c1ccc(Cl)cc1. The van der Waals surface area contributed by atoms with Gasteiger partial charge in [0.25, 0.3) is 0 Å². The molecule has 122 valence electrons. The third-order valence-electron chi connectivity index (χ3n) is 4.60. The quantitative estimate of drug-likeness (QED) is 0.885. The highest BCUT2D eigenvalue weighted by Crippen LogP contribution is 2.38. The minimum Gasteiger partial charge on any atom is -0.383 e. The first-order valence-electron chi connectivity index (χ1n) is 7.93. The lowest BCUT2D eigenvalue weighted by molar-refractivity contribution is -0.0723. The fraction of sp³-hybridized carbons (Fsp3) is 0.647. The van der Waals surface area contributed by atoms with Gasteiger partial charge in [0.2, 0.25) is 0 Å². The van der Waals surface area contributed by atoms with Gasteiger partial charge in [0.1, 0.15) is 0 Å². The van der Waals surface area contributed by atoms with Gasteiger partial charge in [0.15, 0.2) is 0 Å². The standard InChI is InChI=1S/C17H24ClNO2S/c1-20-11-16(13-2-4-14(18)5-3-13)19-15-6-8-21-17(10-15)7-9-22-12-17/h2-5,15-16,19H,6-12H2,1H3/t15-,16-,17-/m0/s1. The van der Waals surface area contributed by atoms with E-state index >= 15 is 0 Å². The molecule has 2 aliphatic heterocycles. The van der Waals surface area contributed by atoms with Crippen LogP contribution < -0.4 is 5.32 Å². The molecule has 0 bridgehead atoms. The molecule has 3 atom stereocenters. The Kier molecular flexibility index (Phi) is 5.69. The number of hydrogen-bond acceptors (Lipinski definition) is 4. The number of benzene rings is 1. The Morgan fingerprint density at radius 2 is 2.27 bits per heavy atom. The predicted molar refractivity (Wildman–Crippen MR) is 92.9 cm³/mol. The number of methoxy groups -OCH3 is 1. The Hall–Kier alpha value is -0.260. The summed E-state index contributed by atoms with van der Waals surface area (Å²) in [5.74, 6) is 2.37. The fourth-order valence-corrected chi connectivity index (χ4v) is 4.92. The van der Waals surface area contributed by atoms with E-state index in [1.165, 1.54) is 17.7 Å². The molecule has 3 nitrogen and oxygen atoms in total. The average Bonchev–Trinajstić information content (AvgIpc) is 2.95. The molecule has 22 heavy (non-hydrogen) atoms. The van der Waals surface area contributed by atoms with Crippen LogP contribution in [0.2, 0.25) is 5.02 Å².